The number of rotatable bonds is 7. The Balaban J connectivity index is 1.68. The molecule has 37 heavy (non-hydrogen) atoms. The van der Waals surface area contributed by atoms with Gasteiger partial charge >= 0.3 is 0 Å². The van der Waals surface area contributed by atoms with Crippen molar-refractivity contribution in [3.63, 3.8) is 0 Å². The summed E-state index contributed by atoms with van der Waals surface area (Å²) in [4.78, 5) is 6.85. The Bertz CT molecular complexity index is 1420. The second kappa shape index (κ2) is 10.3. The average molecular weight is 513 g/mol. The first kappa shape index (κ1) is 24.8. The number of hydrogen-bond acceptors (Lipinski definition) is 4. The van der Waals surface area contributed by atoms with Crippen molar-refractivity contribution in [2.75, 3.05) is 19.1 Å². The molecular formula is C30H32N4O2S. The zero-order valence-electron chi connectivity index (χ0n) is 21.9. The highest BCUT2D eigenvalue weighted by Crippen LogP contribution is 2.46. The maximum atomic E-state index is 5.94. The van der Waals surface area contributed by atoms with Crippen LogP contribution in [-0.2, 0) is 6.42 Å². The minimum absolute atomic E-state index is 0.139. The lowest BCUT2D eigenvalue weighted by Crippen LogP contribution is -2.30. The maximum Gasteiger partial charge on any atom is 0.174 e. The van der Waals surface area contributed by atoms with E-state index in [9.17, 15) is 0 Å². The summed E-state index contributed by atoms with van der Waals surface area (Å²) in [6.45, 7) is 6.50. The van der Waals surface area contributed by atoms with E-state index in [2.05, 4.69) is 65.9 Å². The number of nitrogens with zero attached hydrogens (tertiary/aromatic N) is 3. The largest absolute Gasteiger partial charge is 0.497 e. The lowest BCUT2D eigenvalue weighted by molar-refractivity contribution is 0.394. The van der Waals surface area contributed by atoms with E-state index in [4.69, 9.17) is 26.7 Å². The second-order valence-electron chi connectivity index (χ2n) is 9.22. The van der Waals surface area contributed by atoms with Crippen LogP contribution >= 0.6 is 12.2 Å². The quantitative estimate of drug-likeness (QED) is 0.296. The predicted octanol–water partition coefficient (Wildman–Crippen LogP) is 6.25. The van der Waals surface area contributed by atoms with Crippen LogP contribution < -0.4 is 19.7 Å². The van der Waals surface area contributed by atoms with Crippen LogP contribution in [0.15, 0.2) is 72.9 Å². The zero-order valence-corrected chi connectivity index (χ0v) is 22.7. The maximum absolute atomic E-state index is 5.94. The SMILES string of the molecule is CCc1ccc(-n2c(C)cc([C@@H]3[C@@H](c4ccccn4)NC(=S)N3c3ccc(OC)cc3OC)c2C)cc1. The van der Waals surface area contributed by atoms with Crippen LogP contribution in [-0.4, -0.2) is 28.9 Å². The fourth-order valence-corrected chi connectivity index (χ4v) is 5.62. The Hall–Kier alpha value is -3.84. The van der Waals surface area contributed by atoms with Crippen LogP contribution in [0.1, 0.15) is 47.2 Å². The van der Waals surface area contributed by atoms with E-state index in [0.29, 0.717) is 10.9 Å². The number of aryl methyl sites for hydroxylation is 2. The predicted molar refractivity (Wildman–Crippen MR) is 152 cm³/mol. The number of ether oxygens (including phenoxy) is 2. The molecule has 3 heterocycles. The molecule has 0 spiro atoms. The standard InChI is InChI=1S/C30H32N4O2S/c1-6-21-10-12-22(13-11-21)33-19(2)17-24(20(33)3)29-28(25-9-7-8-16-31-25)32-30(37)34(29)26-15-14-23(35-4)18-27(26)36-5/h7-18,28-29H,6H2,1-5H3,(H,32,37)/t28-,29-/m1/s1. The van der Waals surface area contributed by atoms with Crippen LogP contribution in [0.3, 0.4) is 0 Å². The molecule has 7 heteroatoms. The van der Waals surface area contributed by atoms with Gasteiger partial charge in [0, 0.05) is 29.3 Å². The first-order chi connectivity index (χ1) is 18.0. The molecule has 0 aliphatic carbocycles. The summed E-state index contributed by atoms with van der Waals surface area (Å²) in [5.74, 6) is 1.42. The summed E-state index contributed by atoms with van der Waals surface area (Å²) < 4.78 is 13.6. The molecule has 0 radical (unpaired) electrons. The topological polar surface area (TPSA) is 51.6 Å². The van der Waals surface area contributed by atoms with Gasteiger partial charge in [0.15, 0.2) is 5.11 Å². The van der Waals surface area contributed by atoms with E-state index in [-0.39, 0.29) is 12.1 Å². The summed E-state index contributed by atoms with van der Waals surface area (Å²) in [6.07, 6.45) is 2.84. The highest BCUT2D eigenvalue weighted by atomic mass is 32.1. The molecule has 1 fully saturated rings. The van der Waals surface area contributed by atoms with Gasteiger partial charge in [0.1, 0.15) is 11.5 Å². The third kappa shape index (κ3) is 4.44. The summed E-state index contributed by atoms with van der Waals surface area (Å²) in [5, 5.41) is 4.18. The molecule has 1 aliphatic heterocycles. The average Bonchev–Trinajstić information content (AvgIpc) is 3.43. The van der Waals surface area contributed by atoms with E-state index in [0.717, 1.165) is 40.6 Å². The number of anilines is 1. The Labute approximate surface area is 223 Å². The third-order valence-electron chi connectivity index (χ3n) is 7.14. The number of benzene rings is 2. The van der Waals surface area contributed by atoms with Crippen molar-refractivity contribution in [3.8, 4) is 17.2 Å². The van der Waals surface area contributed by atoms with Crippen molar-refractivity contribution in [2.45, 2.75) is 39.3 Å². The number of hydrogen-bond donors (Lipinski definition) is 1. The smallest absolute Gasteiger partial charge is 0.174 e. The van der Waals surface area contributed by atoms with Crippen molar-refractivity contribution in [1.82, 2.24) is 14.9 Å². The van der Waals surface area contributed by atoms with Gasteiger partial charge in [0.2, 0.25) is 0 Å². The van der Waals surface area contributed by atoms with Crippen molar-refractivity contribution in [1.29, 1.82) is 0 Å². The van der Waals surface area contributed by atoms with Crippen LogP contribution in [0.25, 0.3) is 5.69 Å². The van der Waals surface area contributed by atoms with E-state index in [1.807, 2.05) is 42.6 Å². The van der Waals surface area contributed by atoms with Crippen LogP contribution in [0, 0.1) is 13.8 Å². The first-order valence-electron chi connectivity index (χ1n) is 12.5. The van der Waals surface area contributed by atoms with Gasteiger partial charge in [0.25, 0.3) is 0 Å². The monoisotopic (exact) mass is 512 g/mol. The molecule has 2 atom stereocenters. The van der Waals surface area contributed by atoms with Crippen molar-refractivity contribution in [3.05, 3.63) is 101 Å². The zero-order chi connectivity index (χ0) is 26.1. The Kier molecular flexibility index (Phi) is 6.89. The van der Waals surface area contributed by atoms with Crippen LogP contribution in [0.5, 0.6) is 11.5 Å². The van der Waals surface area contributed by atoms with E-state index < -0.39 is 0 Å². The molecule has 2 aromatic carbocycles. The highest BCUT2D eigenvalue weighted by molar-refractivity contribution is 7.80. The van der Waals surface area contributed by atoms with E-state index in [1.165, 1.54) is 11.1 Å². The molecular weight excluding hydrogens is 480 g/mol. The normalized spacial score (nSPS) is 17.1. The number of pyridine rings is 1. The van der Waals surface area contributed by atoms with Gasteiger partial charge in [-0.2, -0.15) is 0 Å². The fraction of sp³-hybridized carbons (Fsp3) is 0.267. The number of aromatic nitrogens is 2. The summed E-state index contributed by atoms with van der Waals surface area (Å²) in [7, 11) is 3.32. The van der Waals surface area contributed by atoms with Gasteiger partial charge in [-0.15, -0.1) is 0 Å². The van der Waals surface area contributed by atoms with Crippen molar-refractivity contribution in [2.24, 2.45) is 0 Å². The molecule has 0 amide bonds. The molecule has 5 rings (SSSR count). The Morgan fingerprint density at radius 2 is 1.76 bits per heavy atom. The fourth-order valence-electron chi connectivity index (χ4n) is 5.28. The van der Waals surface area contributed by atoms with Crippen molar-refractivity contribution >= 4 is 23.0 Å². The lowest BCUT2D eigenvalue weighted by atomic mass is 9.96. The first-order valence-corrected chi connectivity index (χ1v) is 12.9. The molecule has 1 saturated heterocycles. The highest BCUT2D eigenvalue weighted by Gasteiger charge is 2.43. The molecule has 0 bridgehead atoms. The number of methoxy groups -OCH3 is 2. The molecule has 0 unspecified atom stereocenters. The van der Waals surface area contributed by atoms with Gasteiger partial charge < -0.3 is 24.3 Å². The summed E-state index contributed by atoms with van der Waals surface area (Å²) in [6, 6.07) is 22.6. The Morgan fingerprint density at radius 3 is 2.41 bits per heavy atom. The Morgan fingerprint density at radius 1 is 0.973 bits per heavy atom. The van der Waals surface area contributed by atoms with Gasteiger partial charge in [-0.1, -0.05) is 25.1 Å². The summed E-state index contributed by atoms with van der Waals surface area (Å²) >= 11 is 5.94. The van der Waals surface area contributed by atoms with E-state index >= 15 is 0 Å². The number of thiocarbonyl (C=S) groups is 1. The second-order valence-corrected chi connectivity index (χ2v) is 9.60. The minimum atomic E-state index is -0.142. The summed E-state index contributed by atoms with van der Waals surface area (Å²) in [5.41, 5.74) is 7.79. The van der Waals surface area contributed by atoms with Crippen LogP contribution in [0.4, 0.5) is 5.69 Å². The number of nitrogens with one attached hydrogen (secondary N) is 1. The molecule has 6 nitrogen and oxygen atoms in total. The van der Waals surface area contributed by atoms with Gasteiger partial charge in [-0.05, 0) is 86.1 Å². The molecule has 4 aromatic rings. The third-order valence-corrected chi connectivity index (χ3v) is 7.45. The molecule has 1 aliphatic rings. The molecule has 2 aromatic heterocycles. The van der Waals surface area contributed by atoms with Crippen LogP contribution in [0.2, 0.25) is 0 Å². The lowest BCUT2D eigenvalue weighted by Gasteiger charge is -2.29. The molecule has 0 saturated carbocycles. The van der Waals surface area contributed by atoms with E-state index in [1.54, 1.807) is 14.2 Å². The van der Waals surface area contributed by atoms with Crippen molar-refractivity contribution < 1.29 is 9.47 Å². The van der Waals surface area contributed by atoms with Gasteiger partial charge in [0.05, 0.1) is 37.7 Å². The molecule has 1 N–H and O–H groups in total. The molecule has 190 valence electrons. The van der Waals surface area contributed by atoms with Gasteiger partial charge in [-0.25, -0.2) is 0 Å². The van der Waals surface area contributed by atoms with Gasteiger partial charge in [-0.3, -0.25) is 4.98 Å². The minimum Gasteiger partial charge on any atom is -0.497 e.